The molecule has 1 aromatic heterocycles. The SMILES string of the molecule is CCNC(=NCc1ccccc1CN(C)C(C)C)N1CCN(c2ccccn2)CC1. The molecule has 2 heterocycles. The van der Waals surface area contributed by atoms with Crippen LogP contribution in [0.1, 0.15) is 31.9 Å². The van der Waals surface area contributed by atoms with Crippen molar-refractivity contribution in [1.82, 2.24) is 20.1 Å². The fraction of sp³-hybridized carbons (Fsp3) is 0.500. The summed E-state index contributed by atoms with van der Waals surface area (Å²) in [6, 6.07) is 15.3. The average Bonchev–Trinajstić information content (AvgIpc) is 2.78. The number of rotatable bonds is 7. The standard InChI is InChI=1S/C24H36N6/c1-5-25-24(30-16-14-29(15-17-30)23-12-8-9-13-26-23)27-18-21-10-6-7-11-22(21)19-28(4)20(2)3/h6-13,20H,5,14-19H2,1-4H3,(H,25,27). The molecule has 3 rings (SSSR count). The van der Waals surface area contributed by atoms with Crippen molar-refractivity contribution in [3.8, 4) is 0 Å². The van der Waals surface area contributed by atoms with Crippen molar-refractivity contribution >= 4 is 11.8 Å². The quantitative estimate of drug-likeness (QED) is 0.563. The molecule has 6 heteroatoms. The topological polar surface area (TPSA) is 47.0 Å². The number of nitrogens with one attached hydrogen (secondary N) is 1. The third-order valence-electron chi connectivity index (χ3n) is 5.71. The summed E-state index contributed by atoms with van der Waals surface area (Å²) in [4.78, 5) is 16.6. The van der Waals surface area contributed by atoms with Gasteiger partial charge in [-0.15, -0.1) is 0 Å². The minimum atomic E-state index is 0.522. The van der Waals surface area contributed by atoms with Gasteiger partial charge in [0.15, 0.2) is 5.96 Å². The van der Waals surface area contributed by atoms with Crippen LogP contribution in [0.4, 0.5) is 5.82 Å². The summed E-state index contributed by atoms with van der Waals surface area (Å²) in [5.74, 6) is 2.06. The number of benzene rings is 1. The van der Waals surface area contributed by atoms with E-state index >= 15 is 0 Å². The van der Waals surface area contributed by atoms with Crippen LogP contribution in [0.3, 0.4) is 0 Å². The minimum absolute atomic E-state index is 0.522. The molecule has 1 fully saturated rings. The number of aliphatic imine (C=N–C) groups is 1. The molecule has 1 aliphatic rings. The Morgan fingerprint density at radius 1 is 1.07 bits per heavy atom. The number of anilines is 1. The van der Waals surface area contributed by atoms with Gasteiger partial charge < -0.3 is 15.1 Å². The van der Waals surface area contributed by atoms with Crippen LogP contribution in [0, 0.1) is 0 Å². The van der Waals surface area contributed by atoms with Crippen LogP contribution in [-0.4, -0.2) is 66.6 Å². The number of piperazine rings is 1. The molecule has 0 bridgehead atoms. The second-order valence-corrected chi connectivity index (χ2v) is 8.11. The molecule has 0 amide bonds. The Bertz CT molecular complexity index is 796. The Hall–Kier alpha value is -2.60. The number of aromatic nitrogens is 1. The zero-order chi connectivity index (χ0) is 21.3. The molecule has 1 saturated heterocycles. The van der Waals surface area contributed by atoms with Gasteiger partial charge in [0.2, 0.25) is 0 Å². The smallest absolute Gasteiger partial charge is 0.194 e. The molecule has 0 saturated carbocycles. The van der Waals surface area contributed by atoms with Crippen molar-refractivity contribution in [1.29, 1.82) is 0 Å². The highest BCUT2D eigenvalue weighted by molar-refractivity contribution is 5.80. The van der Waals surface area contributed by atoms with Crippen LogP contribution in [0.15, 0.2) is 53.7 Å². The summed E-state index contributed by atoms with van der Waals surface area (Å²) < 4.78 is 0. The summed E-state index contributed by atoms with van der Waals surface area (Å²) in [6.45, 7) is 12.9. The van der Waals surface area contributed by atoms with E-state index in [9.17, 15) is 0 Å². The number of hydrogen-bond donors (Lipinski definition) is 1. The van der Waals surface area contributed by atoms with Crippen LogP contribution < -0.4 is 10.2 Å². The van der Waals surface area contributed by atoms with Gasteiger partial charge in [0.05, 0.1) is 6.54 Å². The van der Waals surface area contributed by atoms with Crippen LogP contribution >= 0.6 is 0 Å². The molecule has 1 aliphatic heterocycles. The van der Waals surface area contributed by atoms with E-state index in [2.05, 4.69) is 83.2 Å². The predicted octanol–water partition coefficient (Wildman–Crippen LogP) is 3.21. The molecule has 162 valence electrons. The van der Waals surface area contributed by atoms with E-state index in [1.807, 2.05) is 18.3 Å². The summed E-state index contributed by atoms with van der Waals surface area (Å²) >= 11 is 0. The molecule has 0 spiro atoms. The number of pyridine rings is 1. The van der Waals surface area contributed by atoms with Gasteiger partial charge in [-0.05, 0) is 51.1 Å². The van der Waals surface area contributed by atoms with Crippen LogP contribution in [-0.2, 0) is 13.1 Å². The fourth-order valence-corrected chi connectivity index (χ4v) is 3.59. The number of guanidine groups is 1. The first-order valence-electron chi connectivity index (χ1n) is 11.0. The van der Waals surface area contributed by atoms with E-state index in [1.165, 1.54) is 11.1 Å². The Balaban J connectivity index is 1.66. The molecule has 0 radical (unpaired) electrons. The monoisotopic (exact) mass is 408 g/mol. The molecule has 2 aromatic rings. The van der Waals surface area contributed by atoms with Gasteiger partial charge in [-0.1, -0.05) is 30.3 Å². The van der Waals surface area contributed by atoms with Gasteiger partial charge in [0.25, 0.3) is 0 Å². The van der Waals surface area contributed by atoms with Crippen LogP contribution in [0.2, 0.25) is 0 Å². The summed E-state index contributed by atoms with van der Waals surface area (Å²) in [7, 11) is 2.18. The first-order chi connectivity index (χ1) is 14.6. The van der Waals surface area contributed by atoms with E-state index in [0.29, 0.717) is 12.6 Å². The zero-order valence-corrected chi connectivity index (χ0v) is 18.9. The lowest BCUT2D eigenvalue weighted by Crippen LogP contribution is -2.52. The van der Waals surface area contributed by atoms with E-state index in [0.717, 1.165) is 51.0 Å². The van der Waals surface area contributed by atoms with Gasteiger partial charge in [-0.3, -0.25) is 4.90 Å². The van der Waals surface area contributed by atoms with E-state index < -0.39 is 0 Å². The maximum Gasteiger partial charge on any atom is 0.194 e. The molecule has 0 atom stereocenters. The molecular formula is C24H36N6. The highest BCUT2D eigenvalue weighted by atomic mass is 15.4. The first kappa shape index (κ1) is 22.1. The Kier molecular flexibility index (Phi) is 8.08. The maximum atomic E-state index is 5.00. The first-order valence-corrected chi connectivity index (χ1v) is 11.0. The lowest BCUT2D eigenvalue weighted by Gasteiger charge is -2.37. The van der Waals surface area contributed by atoms with Crippen molar-refractivity contribution in [3.05, 3.63) is 59.8 Å². The van der Waals surface area contributed by atoms with Crippen molar-refractivity contribution in [3.63, 3.8) is 0 Å². The van der Waals surface area contributed by atoms with E-state index in [4.69, 9.17) is 4.99 Å². The van der Waals surface area contributed by atoms with Crippen molar-refractivity contribution < 1.29 is 0 Å². The Morgan fingerprint density at radius 2 is 1.77 bits per heavy atom. The minimum Gasteiger partial charge on any atom is -0.357 e. The Labute approximate surface area is 181 Å². The van der Waals surface area contributed by atoms with E-state index in [-0.39, 0.29) is 0 Å². The summed E-state index contributed by atoms with van der Waals surface area (Å²) in [5.41, 5.74) is 2.65. The highest BCUT2D eigenvalue weighted by Crippen LogP contribution is 2.15. The van der Waals surface area contributed by atoms with Crippen LogP contribution in [0.25, 0.3) is 0 Å². The second kappa shape index (κ2) is 11.0. The van der Waals surface area contributed by atoms with Gasteiger partial charge in [-0.2, -0.15) is 0 Å². The van der Waals surface area contributed by atoms with Gasteiger partial charge in [0.1, 0.15) is 5.82 Å². The predicted molar refractivity (Wildman–Crippen MR) is 126 cm³/mol. The summed E-state index contributed by atoms with van der Waals surface area (Å²) in [6.07, 6.45) is 1.86. The normalized spacial score (nSPS) is 15.2. The van der Waals surface area contributed by atoms with Crippen molar-refractivity contribution in [2.75, 3.05) is 44.7 Å². The van der Waals surface area contributed by atoms with Crippen LogP contribution in [0.5, 0.6) is 0 Å². The molecule has 30 heavy (non-hydrogen) atoms. The fourth-order valence-electron chi connectivity index (χ4n) is 3.59. The molecule has 6 nitrogen and oxygen atoms in total. The van der Waals surface area contributed by atoms with Crippen molar-refractivity contribution in [2.45, 2.75) is 39.9 Å². The molecule has 0 unspecified atom stereocenters. The summed E-state index contributed by atoms with van der Waals surface area (Å²) in [5, 5.41) is 3.49. The molecule has 1 N–H and O–H groups in total. The largest absolute Gasteiger partial charge is 0.357 e. The lowest BCUT2D eigenvalue weighted by molar-refractivity contribution is 0.265. The second-order valence-electron chi connectivity index (χ2n) is 8.11. The maximum absolute atomic E-state index is 5.00. The van der Waals surface area contributed by atoms with Crippen molar-refractivity contribution in [2.24, 2.45) is 4.99 Å². The molecule has 1 aromatic carbocycles. The van der Waals surface area contributed by atoms with Gasteiger partial charge in [-0.25, -0.2) is 9.98 Å². The number of nitrogens with zero attached hydrogens (tertiary/aromatic N) is 5. The van der Waals surface area contributed by atoms with Gasteiger partial charge in [0, 0.05) is 51.5 Å². The van der Waals surface area contributed by atoms with Gasteiger partial charge >= 0.3 is 0 Å². The number of hydrogen-bond acceptors (Lipinski definition) is 4. The molecular weight excluding hydrogens is 372 g/mol. The third kappa shape index (κ3) is 5.95. The Morgan fingerprint density at radius 3 is 2.40 bits per heavy atom. The highest BCUT2D eigenvalue weighted by Gasteiger charge is 2.20. The third-order valence-corrected chi connectivity index (χ3v) is 5.71. The average molecular weight is 409 g/mol. The zero-order valence-electron chi connectivity index (χ0n) is 18.9. The van der Waals surface area contributed by atoms with E-state index in [1.54, 1.807) is 0 Å². The molecule has 0 aliphatic carbocycles. The lowest BCUT2D eigenvalue weighted by atomic mass is 10.1.